The fourth-order valence-electron chi connectivity index (χ4n) is 1.79. The van der Waals surface area contributed by atoms with Crippen molar-refractivity contribution in [3.63, 3.8) is 0 Å². The normalized spacial score (nSPS) is 14.9. The molecule has 0 radical (unpaired) electrons. The van der Waals surface area contributed by atoms with Gasteiger partial charge in [0, 0.05) is 18.8 Å². The minimum Gasteiger partial charge on any atom is -0.372 e. The van der Waals surface area contributed by atoms with Crippen LogP contribution in [0.3, 0.4) is 0 Å². The maximum Gasteiger partial charge on any atom is 0.0366 e. The van der Waals surface area contributed by atoms with Crippen LogP contribution in [0.15, 0.2) is 43.0 Å². The second kappa shape index (κ2) is 7.98. The Balaban J connectivity index is 0.000000280. The molecule has 0 bridgehead atoms. The first-order valence-corrected chi connectivity index (χ1v) is 6.29. The number of hydrogen-bond acceptors (Lipinski definition) is 1. The van der Waals surface area contributed by atoms with Gasteiger partial charge in [-0.15, -0.1) is 6.58 Å². The van der Waals surface area contributed by atoms with Crippen molar-refractivity contribution >= 4 is 5.69 Å². The van der Waals surface area contributed by atoms with Crippen molar-refractivity contribution in [2.24, 2.45) is 0 Å². The van der Waals surface area contributed by atoms with E-state index in [1.807, 2.05) is 6.08 Å². The zero-order chi connectivity index (χ0) is 11.6. The molecule has 1 aliphatic heterocycles. The largest absolute Gasteiger partial charge is 0.372 e. The van der Waals surface area contributed by atoms with E-state index in [4.69, 9.17) is 0 Å². The van der Waals surface area contributed by atoms with Crippen LogP contribution in [0.1, 0.15) is 32.6 Å². The first-order chi connectivity index (χ1) is 7.88. The van der Waals surface area contributed by atoms with Crippen molar-refractivity contribution < 1.29 is 0 Å². The molecule has 1 aromatic carbocycles. The van der Waals surface area contributed by atoms with Gasteiger partial charge in [-0.1, -0.05) is 31.2 Å². The van der Waals surface area contributed by atoms with Gasteiger partial charge in [0.05, 0.1) is 0 Å². The number of anilines is 1. The third kappa shape index (κ3) is 4.52. The van der Waals surface area contributed by atoms with E-state index in [1.165, 1.54) is 38.0 Å². The molecule has 0 spiro atoms. The quantitative estimate of drug-likeness (QED) is 0.669. The Hall–Kier alpha value is -1.24. The summed E-state index contributed by atoms with van der Waals surface area (Å²) in [4.78, 5) is 2.48. The summed E-state index contributed by atoms with van der Waals surface area (Å²) < 4.78 is 0. The molecule has 0 unspecified atom stereocenters. The smallest absolute Gasteiger partial charge is 0.0366 e. The molecule has 0 aliphatic carbocycles. The van der Waals surface area contributed by atoms with Crippen molar-refractivity contribution in [2.45, 2.75) is 32.6 Å². The number of para-hydroxylation sites is 1. The van der Waals surface area contributed by atoms with E-state index in [0.717, 1.165) is 6.42 Å². The van der Waals surface area contributed by atoms with Crippen LogP contribution in [-0.4, -0.2) is 13.1 Å². The monoisotopic (exact) mass is 217 g/mol. The molecule has 1 heterocycles. The Morgan fingerprint density at radius 2 is 1.69 bits per heavy atom. The lowest BCUT2D eigenvalue weighted by Gasteiger charge is -2.28. The second-order valence-corrected chi connectivity index (χ2v) is 4.08. The number of rotatable bonds is 2. The predicted octanol–water partition coefficient (Wildman–Crippen LogP) is 4.26. The molecule has 0 saturated carbocycles. The van der Waals surface area contributed by atoms with Gasteiger partial charge in [-0.05, 0) is 37.8 Å². The molecule has 1 fully saturated rings. The first-order valence-electron chi connectivity index (χ1n) is 6.29. The summed E-state index contributed by atoms with van der Waals surface area (Å²) in [6.45, 7) is 8.02. The van der Waals surface area contributed by atoms with Crippen LogP contribution in [0.25, 0.3) is 0 Å². The van der Waals surface area contributed by atoms with Crippen LogP contribution in [-0.2, 0) is 0 Å². The Kier molecular flexibility index (Phi) is 6.39. The SMILES string of the molecule is C=CCC.c1ccc(N2CCCCC2)cc1. The van der Waals surface area contributed by atoms with Crippen molar-refractivity contribution in [1.82, 2.24) is 0 Å². The van der Waals surface area contributed by atoms with Gasteiger partial charge in [0.15, 0.2) is 0 Å². The Labute approximate surface area is 99.8 Å². The van der Waals surface area contributed by atoms with Crippen LogP contribution in [0.2, 0.25) is 0 Å². The highest BCUT2D eigenvalue weighted by Crippen LogP contribution is 2.18. The molecule has 88 valence electrons. The van der Waals surface area contributed by atoms with Crippen LogP contribution >= 0.6 is 0 Å². The molecule has 1 nitrogen and oxygen atoms in total. The van der Waals surface area contributed by atoms with Crippen LogP contribution < -0.4 is 4.90 Å². The van der Waals surface area contributed by atoms with E-state index in [0.29, 0.717) is 0 Å². The van der Waals surface area contributed by atoms with E-state index in [2.05, 4.69) is 48.7 Å². The summed E-state index contributed by atoms with van der Waals surface area (Å²) in [6.07, 6.45) is 7.08. The van der Waals surface area contributed by atoms with E-state index >= 15 is 0 Å². The lowest BCUT2D eigenvalue weighted by Crippen LogP contribution is -2.29. The highest BCUT2D eigenvalue weighted by molar-refractivity contribution is 5.46. The first kappa shape index (κ1) is 12.8. The Morgan fingerprint density at radius 3 is 2.19 bits per heavy atom. The number of allylic oxidation sites excluding steroid dienone is 1. The number of piperidine rings is 1. The van der Waals surface area contributed by atoms with Crippen LogP contribution in [0.4, 0.5) is 5.69 Å². The van der Waals surface area contributed by atoms with E-state index in [1.54, 1.807) is 0 Å². The van der Waals surface area contributed by atoms with Gasteiger partial charge in [0.2, 0.25) is 0 Å². The molecule has 0 atom stereocenters. The summed E-state index contributed by atoms with van der Waals surface area (Å²) in [6, 6.07) is 10.7. The summed E-state index contributed by atoms with van der Waals surface area (Å²) >= 11 is 0. The van der Waals surface area contributed by atoms with Gasteiger partial charge in [0.1, 0.15) is 0 Å². The van der Waals surface area contributed by atoms with Gasteiger partial charge in [-0.2, -0.15) is 0 Å². The Morgan fingerprint density at radius 1 is 1.12 bits per heavy atom. The van der Waals surface area contributed by atoms with Crippen molar-refractivity contribution in [2.75, 3.05) is 18.0 Å². The maximum atomic E-state index is 3.48. The molecule has 0 aromatic heterocycles. The summed E-state index contributed by atoms with van der Waals surface area (Å²) in [5.41, 5.74) is 1.39. The van der Waals surface area contributed by atoms with Crippen molar-refractivity contribution in [3.8, 4) is 0 Å². The van der Waals surface area contributed by atoms with Gasteiger partial charge in [0.25, 0.3) is 0 Å². The lowest BCUT2D eigenvalue weighted by molar-refractivity contribution is 0.578. The minimum absolute atomic E-state index is 1.08. The third-order valence-electron chi connectivity index (χ3n) is 2.77. The molecular weight excluding hydrogens is 194 g/mol. The van der Waals surface area contributed by atoms with Gasteiger partial charge < -0.3 is 4.90 Å². The minimum atomic E-state index is 1.08. The number of benzene rings is 1. The van der Waals surface area contributed by atoms with Crippen LogP contribution in [0.5, 0.6) is 0 Å². The van der Waals surface area contributed by atoms with Crippen LogP contribution in [0, 0.1) is 0 Å². The third-order valence-corrected chi connectivity index (χ3v) is 2.77. The fourth-order valence-corrected chi connectivity index (χ4v) is 1.79. The number of hydrogen-bond donors (Lipinski definition) is 0. The predicted molar refractivity (Wildman–Crippen MR) is 73.0 cm³/mol. The molecule has 1 saturated heterocycles. The van der Waals surface area contributed by atoms with E-state index < -0.39 is 0 Å². The summed E-state index contributed by atoms with van der Waals surface area (Å²) in [7, 11) is 0. The van der Waals surface area contributed by atoms with Crippen molar-refractivity contribution in [1.29, 1.82) is 0 Å². The molecule has 16 heavy (non-hydrogen) atoms. The second-order valence-electron chi connectivity index (χ2n) is 4.08. The highest BCUT2D eigenvalue weighted by Gasteiger charge is 2.09. The topological polar surface area (TPSA) is 3.24 Å². The van der Waals surface area contributed by atoms with Gasteiger partial charge in [-0.25, -0.2) is 0 Å². The maximum absolute atomic E-state index is 3.48. The standard InChI is InChI=1S/C11H15N.C4H8/c1-3-7-11(8-4-1)12-9-5-2-6-10-12;1-3-4-2/h1,3-4,7-8H,2,5-6,9-10H2;3H,1,4H2,2H3. The summed E-state index contributed by atoms with van der Waals surface area (Å²) in [5.74, 6) is 0. The molecule has 1 aromatic rings. The van der Waals surface area contributed by atoms with Crippen molar-refractivity contribution in [3.05, 3.63) is 43.0 Å². The molecule has 1 aliphatic rings. The number of nitrogens with zero attached hydrogens (tertiary/aromatic N) is 1. The molecule has 2 rings (SSSR count). The van der Waals surface area contributed by atoms with E-state index in [9.17, 15) is 0 Å². The molecular formula is C15H23N. The van der Waals surface area contributed by atoms with E-state index in [-0.39, 0.29) is 0 Å². The zero-order valence-corrected chi connectivity index (χ0v) is 10.4. The lowest BCUT2D eigenvalue weighted by atomic mass is 10.1. The average molecular weight is 217 g/mol. The molecule has 0 amide bonds. The fraction of sp³-hybridized carbons (Fsp3) is 0.467. The highest BCUT2D eigenvalue weighted by atomic mass is 15.1. The zero-order valence-electron chi connectivity index (χ0n) is 10.4. The van der Waals surface area contributed by atoms with Gasteiger partial charge in [-0.3, -0.25) is 0 Å². The average Bonchev–Trinajstić information content (AvgIpc) is 2.41. The molecule has 0 N–H and O–H groups in total. The Bertz CT molecular complexity index is 273. The van der Waals surface area contributed by atoms with Gasteiger partial charge >= 0.3 is 0 Å². The molecule has 1 heteroatoms. The summed E-state index contributed by atoms with van der Waals surface area (Å²) in [5, 5.41) is 0.